The van der Waals surface area contributed by atoms with Crippen molar-refractivity contribution in [2.45, 2.75) is 100 Å². The van der Waals surface area contributed by atoms with Crippen LogP contribution in [0.4, 0.5) is 4.39 Å². The maximum atomic E-state index is 14.1. The van der Waals surface area contributed by atoms with Crippen LogP contribution in [0.2, 0.25) is 0 Å². The molecule has 0 saturated heterocycles. The van der Waals surface area contributed by atoms with Gasteiger partial charge in [0.2, 0.25) is 0 Å². The van der Waals surface area contributed by atoms with Gasteiger partial charge in [-0.2, -0.15) is 0 Å². The number of carbonyl (C=O) groups excluding carboxylic acids is 1. The largest absolute Gasteiger partial charge is 0.299 e. The monoisotopic (exact) mass is 542 g/mol. The van der Waals surface area contributed by atoms with E-state index < -0.39 is 0 Å². The van der Waals surface area contributed by atoms with Gasteiger partial charge in [-0.1, -0.05) is 83.2 Å². The van der Waals surface area contributed by atoms with Gasteiger partial charge in [0.1, 0.15) is 11.5 Å². The summed E-state index contributed by atoms with van der Waals surface area (Å²) in [5.74, 6) is 0.847. The Hall–Kier alpha value is -3.27. The minimum absolute atomic E-state index is 0.138. The number of halogens is 1. The molecule has 1 aliphatic rings. The number of nitrogens with zero attached hydrogens (tertiary/aromatic N) is 2. The lowest BCUT2D eigenvalue weighted by Gasteiger charge is -2.21. The van der Waals surface area contributed by atoms with Crippen LogP contribution in [0.15, 0.2) is 48.8 Å². The molecule has 0 spiro atoms. The summed E-state index contributed by atoms with van der Waals surface area (Å²) in [6.07, 6.45) is 12.1. The van der Waals surface area contributed by atoms with Gasteiger partial charge in [-0.05, 0) is 86.4 Å². The van der Waals surface area contributed by atoms with Gasteiger partial charge in [0.15, 0.2) is 5.78 Å². The predicted molar refractivity (Wildman–Crippen MR) is 167 cm³/mol. The van der Waals surface area contributed by atoms with Crippen LogP contribution in [0, 0.1) is 46.4 Å². The third kappa shape index (κ3) is 7.08. The Balaban J connectivity index is 0.000000209. The standard InChI is InChI=1S/C17H17FN2.C17H24O.C2H6/c1-10-7-8-20-15(9-19-17(20)12(10)3)14-6-5-11(2)16(18)13(14)4;1-3-14-9-10-16(13(2)11-14)17(18)12-15-7-5-4-6-8-15;1-2/h5-9H,1-4H3;9-11,15H,3-8,12H2,1-2H3;1-2H3. The number of aryl methyl sites for hydroxylation is 5. The lowest BCUT2D eigenvalue weighted by Crippen LogP contribution is -2.13. The van der Waals surface area contributed by atoms with Crippen molar-refractivity contribution in [3.05, 3.63) is 93.6 Å². The van der Waals surface area contributed by atoms with Crippen molar-refractivity contribution in [2.75, 3.05) is 0 Å². The number of carbonyl (C=O) groups is 1. The van der Waals surface area contributed by atoms with Crippen LogP contribution in [-0.2, 0) is 6.42 Å². The van der Waals surface area contributed by atoms with Crippen LogP contribution in [-0.4, -0.2) is 15.2 Å². The summed E-state index contributed by atoms with van der Waals surface area (Å²) in [4.78, 5) is 16.8. The number of Topliss-reactive ketones (excluding diaryl/α,β-unsaturated/α-hetero) is 1. The zero-order valence-electron chi connectivity index (χ0n) is 25.8. The average Bonchev–Trinajstić information content (AvgIpc) is 3.40. The van der Waals surface area contributed by atoms with E-state index in [4.69, 9.17) is 0 Å². The van der Waals surface area contributed by atoms with Crippen LogP contribution in [0.25, 0.3) is 16.9 Å². The molecule has 0 bridgehead atoms. The van der Waals surface area contributed by atoms with Crippen molar-refractivity contribution < 1.29 is 9.18 Å². The smallest absolute Gasteiger partial charge is 0.163 e. The van der Waals surface area contributed by atoms with Crippen molar-refractivity contribution in [2.24, 2.45) is 5.92 Å². The summed E-state index contributed by atoms with van der Waals surface area (Å²) in [6.45, 7) is 15.9. The third-order valence-corrected chi connectivity index (χ3v) is 8.25. The Morgan fingerprint density at radius 1 is 0.900 bits per heavy atom. The summed E-state index contributed by atoms with van der Waals surface area (Å²) in [7, 11) is 0. The minimum atomic E-state index is -0.138. The van der Waals surface area contributed by atoms with Crippen molar-refractivity contribution >= 4 is 11.4 Å². The average molecular weight is 543 g/mol. The summed E-state index contributed by atoms with van der Waals surface area (Å²) in [5.41, 5.74) is 9.88. The third-order valence-electron chi connectivity index (χ3n) is 8.25. The van der Waals surface area contributed by atoms with Gasteiger partial charge in [0, 0.05) is 23.7 Å². The molecule has 0 radical (unpaired) electrons. The first-order valence-electron chi connectivity index (χ1n) is 15.0. The predicted octanol–water partition coefficient (Wildman–Crippen LogP) is 10.1. The Labute approximate surface area is 240 Å². The van der Waals surface area contributed by atoms with E-state index in [2.05, 4.69) is 50.9 Å². The van der Waals surface area contributed by atoms with E-state index in [1.165, 1.54) is 43.2 Å². The van der Waals surface area contributed by atoms with E-state index in [1.54, 1.807) is 6.92 Å². The van der Waals surface area contributed by atoms with Gasteiger partial charge in [-0.15, -0.1) is 0 Å². The molecule has 5 rings (SSSR count). The van der Waals surface area contributed by atoms with Crippen LogP contribution in [0.1, 0.15) is 103 Å². The van der Waals surface area contributed by atoms with Gasteiger partial charge in [0.05, 0.1) is 11.9 Å². The highest BCUT2D eigenvalue weighted by Crippen LogP contribution is 2.29. The normalized spacial score (nSPS) is 13.3. The molecule has 1 fully saturated rings. The highest BCUT2D eigenvalue weighted by atomic mass is 19.1. The molecule has 0 unspecified atom stereocenters. The molecule has 0 atom stereocenters. The molecule has 214 valence electrons. The van der Waals surface area contributed by atoms with Crippen LogP contribution in [0.3, 0.4) is 0 Å². The molecule has 2 heterocycles. The molecular formula is C36H47FN2O. The molecule has 40 heavy (non-hydrogen) atoms. The molecule has 1 aliphatic carbocycles. The van der Waals surface area contributed by atoms with Crippen molar-refractivity contribution in [3.63, 3.8) is 0 Å². The maximum absolute atomic E-state index is 14.1. The molecule has 0 amide bonds. The van der Waals surface area contributed by atoms with E-state index in [0.717, 1.165) is 46.4 Å². The number of ketones is 1. The molecule has 1 saturated carbocycles. The number of fused-ring (bicyclic) bond motifs is 1. The van der Waals surface area contributed by atoms with Crippen molar-refractivity contribution in [1.29, 1.82) is 0 Å². The second kappa shape index (κ2) is 14.4. The molecule has 0 N–H and O–H groups in total. The molecule has 3 nitrogen and oxygen atoms in total. The fourth-order valence-electron chi connectivity index (χ4n) is 5.60. The van der Waals surface area contributed by atoms with E-state index in [1.807, 2.05) is 55.8 Å². The second-order valence-corrected chi connectivity index (χ2v) is 11.0. The molecule has 2 aromatic carbocycles. The Bertz CT molecular complexity index is 1440. The lowest BCUT2D eigenvalue weighted by atomic mass is 9.84. The van der Waals surface area contributed by atoms with Gasteiger partial charge in [-0.25, -0.2) is 9.37 Å². The maximum Gasteiger partial charge on any atom is 0.163 e. The summed E-state index contributed by atoms with van der Waals surface area (Å²) in [6, 6.07) is 12.1. The number of aromatic nitrogens is 2. The number of pyridine rings is 1. The first kappa shape index (κ1) is 31.3. The molecule has 2 aromatic heterocycles. The lowest BCUT2D eigenvalue weighted by molar-refractivity contribution is 0.0949. The number of imidazole rings is 1. The van der Waals surface area contributed by atoms with Crippen LogP contribution >= 0.6 is 0 Å². The number of rotatable bonds is 5. The highest BCUT2D eigenvalue weighted by Gasteiger charge is 2.19. The first-order chi connectivity index (χ1) is 19.2. The van der Waals surface area contributed by atoms with Gasteiger partial charge in [-0.3, -0.25) is 9.20 Å². The zero-order chi connectivity index (χ0) is 29.4. The molecular weight excluding hydrogens is 495 g/mol. The van der Waals surface area contributed by atoms with Crippen LogP contribution < -0.4 is 0 Å². The van der Waals surface area contributed by atoms with Gasteiger partial charge in [0.25, 0.3) is 0 Å². The second-order valence-electron chi connectivity index (χ2n) is 11.0. The van der Waals surface area contributed by atoms with Gasteiger partial charge >= 0.3 is 0 Å². The van der Waals surface area contributed by atoms with Crippen molar-refractivity contribution in [1.82, 2.24) is 9.38 Å². The van der Waals surface area contributed by atoms with Crippen LogP contribution in [0.5, 0.6) is 0 Å². The SMILES string of the molecule is CC.CCc1ccc(C(=O)CC2CCCCC2)c(C)c1.Cc1ccc(-c2cnc3c(C)c(C)ccn23)c(C)c1F. The van der Waals surface area contributed by atoms with E-state index in [9.17, 15) is 9.18 Å². The minimum Gasteiger partial charge on any atom is -0.299 e. The zero-order valence-corrected chi connectivity index (χ0v) is 25.8. The number of hydrogen-bond donors (Lipinski definition) is 0. The number of hydrogen-bond acceptors (Lipinski definition) is 2. The topological polar surface area (TPSA) is 34.4 Å². The van der Waals surface area contributed by atoms with Crippen molar-refractivity contribution in [3.8, 4) is 11.3 Å². The molecule has 0 aliphatic heterocycles. The Kier molecular flexibility index (Phi) is 11.2. The fourth-order valence-corrected chi connectivity index (χ4v) is 5.60. The fraction of sp³-hybridized carbons (Fsp3) is 0.444. The molecule has 4 heteroatoms. The van der Waals surface area contributed by atoms with Gasteiger partial charge < -0.3 is 0 Å². The molecule has 4 aromatic rings. The van der Waals surface area contributed by atoms with E-state index in [-0.39, 0.29) is 5.82 Å². The Morgan fingerprint density at radius 2 is 1.60 bits per heavy atom. The quantitative estimate of drug-likeness (QED) is 0.235. The Morgan fingerprint density at radius 3 is 2.25 bits per heavy atom. The summed E-state index contributed by atoms with van der Waals surface area (Å²) in [5, 5.41) is 0. The number of benzene rings is 2. The van der Waals surface area contributed by atoms with E-state index in [0.29, 0.717) is 22.8 Å². The highest BCUT2D eigenvalue weighted by molar-refractivity contribution is 5.97. The first-order valence-corrected chi connectivity index (χ1v) is 15.0. The summed E-state index contributed by atoms with van der Waals surface area (Å²) < 4.78 is 16.1. The summed E-state index contributed by atoms with van der Waals surface area (Å²) >= 11 is 0. The van der Waals surface area contributed by atoms with E-state index >= 15 is 0 Å².